The molecule has 0 saturated heterocycles. The highest BCUT2D eigenvalue weighted by atomic mass is 35.5. The van der Waals surface area contributed by atoms with Crippen LogP contribution >= 0.6 is 11.6 Å². The molecular formula is C46H57ClO2. The van der Waals surface area contributed by atoms with E-state index in [1.807, 2.05) is 54.6 Å². The van der Waals surface area contributed by atoms with Gasteiger partial charge in [-0.15, -0.1) is 0 Å². The monoisotopic (exact) mass is 676 g/mol. The second-order valence-corrected chi connectivity index (χ2v) is 14.2. The van der Waals surface area contributed by atoms with Gasteiger partial charge in [0.25, 0.3) is 0 Å². The SMILES string of the molecule is CCCCCCCCCCc1ccc(C(=O)c2ccccc2-c2cc(Cl)ccc2C(=O)c2ccc(CCCCCCCCCC)cc2)cc1. The van der Waals surface area contributed by atoms with Crippen LogP contribution in [0.5, 0.6) is 0 Å². The molecule has 260 valence electrons. The maximum absolute atomic E-state index is 13.9. The Morgan fingerprint density at radius 3 is 1.33 bits per heavy atom. The number of unbranched alkanes of at least 4 members (excludes halogenated alkanes) is 14. The topological polar surface area (TPSA) is 34.1 Å². The molecule has 0 heterocycles. The van der Waals surface area contributed by atoms with E-state index in [0.29, 0.717) is 38.4 Å². The number of carbonyl (C=O) groups excluding carboxylic acids is 2. The van der Waals surface area contributed by atoms with Crippen molar-refractivity contribution in [1.29, 1.82) is 0 Å². The van der Waals surface area contributed by atoms with Gasteiger partial charge in [0.2, 0.25) is 0 Å². The van der Waals surface area contributed by atoms with Crippen LogP contribution in [0, 0.1) is 0 Å². The molecule has 0 aromatic heterocycles. The van der Waals surface area contributed by atoms with Crippen molar-refractivity contribution in [3.05, 3.63) is 129 Å². The van der Waals surface area contributed by atoms with Gasteiger partial charge < -0.3 is 0 Å². The van der Waals surface area contributed by atoms with Crippen LogP contribution in [-0.2, 0) is 12.8 Å². The fourth-order valence-electron chi connectivity index (χ4n) is 6.74. The normalized spacial score (nSPS) is 11.2. The van der Waals surface area contributed by atoms with E-state index in [1.165, 1.54) is 114 Å². The number of halogens is 1. The van der Waals surface area contributed by atoms with E-state index >= 15 is 0 Å². The van der Waals surface area contributed by atoms with Gasteiger partial charge in [-0.05, 0) is 66.1 Å². The molecule has 2 nitrogen and oxygen atoms in total. The highest BCUT2D eigenvalue weighted by Gasteiger charge is 2.21. The Balaban J connectivity index is 1.40. The number of hydrogen-bond acceptors (Lipinski definition) is 2. The quantitative estimate of drug-likeness (QED) is 0.0579. The van der Waals surface area contributed by atoms with Crippen LogP contribution in [0.1, 0.15) is 160 Å². The van der Waals surface area contributed by atoms with Crippen molar-refractivity contribution < 1.29 is 9.59 Å². The first-order chi connectivity index (χ1) is 24.0. The molecule has 4 aromatic carbocycles. The van der Waals surface area contributed by atoms with Crippen molar-refractivity contribution >= 4 is 23.2 Å². The molecule has 0 bridgehead atoms. The largest absolute Gasteiger partial charge is 0.289 e. The minimum atomic E-state index is -0.0714. The van der Waals surface area contributed by atoms with Crippen LogP contribution in [0.3, 0.4) is 0 Å². The molecule has 0 aliphatic carbocycles. The Morgan fingerprint density at radius 2 is 0.857 bits per heavy atom. The van der Waals surface area contributed by atoms with Crippen LogP contribution in [0.25, 0.3) is 11.1 Å². The zero-order valence-electron chi connectivity index (χ0n) is 30.1. The molecule has 4 aromatic rings. The summed E-state index contributed by atoms with van der Waals surface area (Å²) in [4.78, 5) is 27.8. The highest BCUT2D eigenvalue weighted by Crippen LogP contribution is 2.33. The van der Waals surface area contributed by atoms with Crippen molar-refractivity contribution in [1.82, 2.24) is 0 Å². The third-order valence-corrected chi connectivity index (χ3v) is 9.99. The Morgan fingerprint density at radius 1 is 0.449 bits per heavy atom. The lowest BCUT2D eigenvalue weighted by molar-refractivity contribution is 0.103. The van der Waals surface area contributed by atoms with Gasteiger partial charge in [-0.3, -0.25) is 9.59 Å². The molecule has 3 heteroatoms. The molecule has 0 amide bonds. The molecule has 0 saturated carbocycles. The summed E-state index contributed by atoms with van der Waals surface area (Å²) < 4.78 is 0. The van der Waals surface area contributed by atoms with E-state index in [4.69, 9.17) is 11.6 Å². The van der Waals surface area contributed by atoms with Gasteiger partial charge >= 0.3 is 0 Å². The zero-order valence-corrected chi connectivity index (χ0v) is 30.8. The zero-order chi connectivity index (χ0) is 34.7. The Hall–Kier alpha value is -3.49. The minimum Gasteiger partial charge on any atom is -0.289 e. The lowest BCUT2D eigenvalue weighted by Crippen LogP contribution is -2.08. The third kappa shape index (κ3) is 12.4. The minimum absolute atomic E-state index is 0.0575. The standard InChI is InChI=1S/C46H57ClO2/c1-3-5-7-9-11-13-15-17-21-36-25-29-38(30-26-36)45(48)42-24-20-19-23-41(42)44-35-40(47)33-34-43(44)46(49)39-31-27-37(28-32-39)22-18-16-14-12-10-8-6-4-2/h19-20,23-35H,3-18,21-22H2,1-2H3. The lowest BCUT2D eigenvalue weighted by Gasteiger charge is -2.14. The highest BCUT2D eigenvalue weighted by molar-refractivity contribution is 6.31. The lowest BCUT2D eigenvalue weighted by atomic mass is 9.88. The second-order valence-electron chi connectivity index (χ2n) is 13.7. The van der Waals surface area contributed by atoms with Crippen LogP contribution in [-0.4, -0.2) is 11.6 Å². The molecule has 0 aliphatic heterocycles. The van der Waals surface area contributed by atoms with Gasteiger partial charge in [0.15, 0.2) is 11.6 Å². The summed E-state index contributed by atoms with van der Waals surface area (Å²) in [5.74, 6) is -0.129. The number of benzene rings is 4. The number of aryl methyl sites for hydroxylation is 2. The number of hydrogen-bond donors (Lipinski definition) is 0. The van der Waals surface area contributed by atoms with Gasteiger partial charge in [-0.25, -0.2) is 0 Å². The average Bonchev–Trinajstić information content (AvgIpc) is 3.13. The van der Waals surface area contributed by atoms with Crippen LogP contribution in [0.2, 0.25) is 5.02 Å². The van der Waals surface area contributed by atoms with Crippen LogP contribution in [0.4, 0.5) is 0 Å². The number of carbonyl (C=O) groups is 2. The molecule has 0 aliphatic rings. The van der Waals surface area contributed by atoms with Gasteiger partial charge in [0.1, 0.15) is 0 Å². The van der Waals surface area contributed by atoms with Crippen molar-refractivity contribution in [3.8, 4) is 11.1 Å². The van der Waals surface area contributed by atoms with Crippen molar-refractivity contribution in [3.63, 3.8) is 0 Å². The first-order valence-electron chi connectivity index (χ1n) is 19.2. The number of ketones is 2. The molecule has 0 N–H and O–H groups in total. The predicted molar refractivity (Wildman–Crippen MR) is 209 cm³/mol. The van der Waals surface area contributed by atoms with E-state index in [2.05, 4.69) is 38.1 Å². The smallest absolute Gasteiger partial charge is 0.193 e. The second kappa shape index (κ2) is 21.6. The first-order valence-corrected chi connectivity index (χ1v) is 19.6. The summed E-state index contributed by atoms with van der Waals surface area (Å²) in [5, 5.41) is 0.528. The summed E-state index contributed by atoms with van der Waals surface area (Å²) in [6.07, 6.45) is 22.9. The molecule has 0 fully saturated rings. The fourth-order valence-corrected chi connectivity index (χ4v) is 6.91. The summed E-state index contributed by atoms with van der Waals surface area (Å²) in [6, 6.07) is 29.0. The van der Waals surface area contributed by atoms with Crippen molar-refractivity contribution in [2.45, 2.75) is 129 Å². The molecule has 0 spiro atoms. The Labute approximate surface area is 301 Å². The molecule has 0 atom stereocenters. The van der Waals surface area contributed by atoms with E-state index in [0.717, 1.165) is 12.8 Å². The Bertz CT molecular complexity index is 1570. The number of rotatable bonds is 23. The Kier molecular flexibility index (Phi) is 16.9. The van der Waals surface area contributed by atoms with Crippen LogP contribution in [0.15, 0.2) is 91.0 Å². The first kappa shape index (κ1) is 38.3. The van der Waals surface area contributed by atoms with Gasteiger partial charge in [0.05, 0.1) is 0 Å². The van der Waals surface area contributed by atoms with E-state index in [-0.39, 0.29) is 11.6 Å². The van der Waals surface area contributed by atoms with Crippen LogP contribution < -0.4 is 0 Å². The summed E-state index contributed by atoms with van der Waals surface area (Å²) in [7, 11) is 0. The fraction of sp³-hybridized carbons (Fsp3) is 0.435. The third-order valence-electron chi connectivity index (χ3n) is 9.76. The van der Waals surface area contributed by atoms with E-state index in [1.54, 1.807) is 12.1 Å². The van der Waals surface area contributed by atoms with E-state index in [9.17, 15) is 9.59 Å². The van der Waals surface area contributed by atoms with Gasteiger partial charge in [0, 0.05) is 27.3 Å². The molecule has 0 unspecified atom stereocenters. The predicted octanol–water partition coefficient (Wildman–Crippen LogP) is 13.8. The summed E-state index contributed by atoms with van der Waals surface area (Å²) >= 11 is 6.50. The summed E-state index contributed by atoms with van der Waals surface area (Å²) in [6.45, 7) is 4.52. The maximum Gasteiger partial charge on any atom is 0.193 e. The van der Waals surface area contributed by atoms with Crippen molar-refractivity contribution in [2.24, 2.45) is 0 Å². The molecular weight excluding hydrogens is 620 g/mol. The summed E-state index contributed by atoms with van der Waals surface area (Å²) in [5.41, 5.74) is 6.31. The van der Waals surface area contributed by atoms with E-state index < -0.39 is 0 Å². The van der Waals surface area contributed by atoms with Gasteiger partial charge in [-0.2, -0.15) is 0 Å². The molecule has 49 heavy (non-hydrogen) atoms. The maximum atomic E-state index is 13.9. The molecule has 4 rings (SSSR count). The molecule has 0 radical (unpaired) electrons. The average molecular weight is 677 g/mol. The van der Waals surface area contributed by atoms with Gasteiger partial charge in [-0.1, -0.05) is 188 Å². The van der Waals surface area contributed by atoms with Crippen molar-refractivity contribution in [2.75, 3.05) is 0 Å².